The number of thiocarbonyl (C=S) groups is 1. The molecule has 0 unspecified atom stereocenters. The Hall–Kier alpha value is -1.17. The van der Waals surface area contributed by atoms with Crippen molar-refractivity contribution in [3.8, 4) is 0 Å². The Kier molecular flexibility index (Phi) is 3.56. The van der Waals surface area contributed by atoms with E-state index >= 15 is 0 Å². The number of amides is 2. The lowest BCUT2D eigenvalue weighted by atomic mass is 9.67. The first-order chi connectivity index (χ1) is 8.47. The molecule has 5 nitrogen and oxygen atoms in total. The molecule has 1 heterocycles. The van der Waals surface area contributed by atoms with E-state index in [1.165, 1.54) is 0 Å². The predicted octanol–water partition coefficient (Wildman–Crippen LogP) is 0.134. The summed E-state index contributed by atoms with van der Waals surface area (Å²) in [6.07, 6.45) is 3.23. The molecule has 2 N–H and O–H groups in total. The van der Waals surface area contributed by atoms with E-state index in [0.717, 1.165) is 25.7 Å². The van der Waals surface area contributed by atoms with Crippen LogP contribution < -0.4 is 5.73 Å². The number of nitrogens with zero attached hydrogens (tertiary/aromatic N) is 2. The van der Waals surface area contributed by atoms with Crippen molar-refractivity contribution in [3.05, 3.63) is 0 Å². The zero-order valence-electron chi connectivity index (χ0n) is 10.6. The summed E-state index contributed by atoms with van der Waals surface area (Å²) in [5.74, 6) is -0.0665. The van der Waals surface area contributed by atoms with Gasteiger partial charge in [0.2, 0.25) is 11.8 Å². The molecule has 0 aromatic carbocycles. The smallest absolute Gasteiger partial charge is 0.241 e. The van der Waals surface area contributed by atoms with Crippen LogP contribution in [0.15, 0.2) is 0 Å². The summed E-state index contributed by atoms with van der Waals surface area (Å²) in [7, 11) is 1.77. The van der Waals surface area contributed by atoms with Gasteiger partial charge in [-0.3, -0.25) is 9.59 Å². The van der Waals surface area contributed by atoms with E-state index in [9.17, 15) is 9.59 Å². The van der Waals surface area contributed by atoms with Crippen LogP contribution in [0.4, 0.5) is 0 Å². The Morgan fingerprint density at radius 2 is 2.00 bits per heavy atom. The van der Waals surface area contributed by atoms with Crippen LogP contribution in [0.2, 0.25) is 0 Å². The van der Waals surface area contributed by atoms with E-state index in [4.69, 9.17) is 18.0 Å². The highest BCUT2D eigenvalue weighted by Crippen LogP contribution is 2.43. The van der Waals surface area contributed by atoms with Crippen molar-refractivity contribution in [2.75, 3.05) is 26.7 Å². The van der Waals surface area contributed by atoms with Crippen LogP contribution in [-0.4, -0.2) is 53.3 Å². The first-order valence-electron chi connectivity index (χ1n) is 6.30. The summed E-state index contributed by atoms with van der Waals surface area (Å²) in [6.45, 7) is 1.46. The van der Waals surface area contributed by atoms with Crippen molar-refractivity contribution in [2.24, 2.45) is 11.1 Å². The molecule has 0 atom stereocenters. The minimum Gasteiger partial charge on any atom is -0.392 e. The van der Waals surface area contributed by atoms with E-state index in [1.54, 1.807) is 16.8 Å². The second kappa shape index (κ2) is 4.84. The van der Waals surface area contributed by atoms with Crippen molar-refractivity contribution >= 4 is 29.0 Å². The van der Waals surface area contributed by atoms with Gasteiger partial charge in [0.15, 0.2) is 0 Å². The quantitative estimate of drug-likeness (QED) is 0.724. The van der Waals surface area contributed by atoms with E-state index in [1.807, 2.05) is 0 Å². The maximum atomic E-state index is 12.5. The van der Waals surface area contributed by atoms with Crippen LogP contribution >= 0.6 is 12.2 Å². The van der Waals surface area contributed by atoms with Crippen molar-refractivity contribution in [2.45, 2.75) is 25.7 Å². The lowest BCUT2D eigenvalue weighted by Crippen LogP contribution is -2.55. The fourth-order valence-corrected chi connectivity index (χ4v) is 2.85. The lowest BCUT2D eigenvalue weighted by Gasteiger charge is -2.42. The predicted molar refractivity (Wildman–Crippen MR) is 71.9 cm³/mol. The number of nitrogens with two attached hydrogens (primary N) is 1. The average Bonchev–Trinajstić information content (AvgIpc) is 2.39. The van der Waals surface area contributed by atoms with Gasteiger partial charge in [0.25, 0.3) is 0 Å². The van der Waals surface area contributed by atoms with Crippen LogP contribution in [0, 0.1) is 5.41 Å². The first-order valence-corrected chi connectivity index (χ1v) is 6.71. The van der Waals surface area contributed by atoms with E-state index in [2.05, 4.69) is 0 Å². The van der Waals surface area contributed by atoms with Gasteiger partial charge in [0, 0.05) is 20.1 Å². The SMILES string of the molecule is CN1CCCN(C(=O)C2(C(N)=S)CCC2)CC1=O. The molecule has 18 heavy (non-hydrogen) atoms. The summed E-state index contributed by atoms with van der Waals surface area (Å²) in [6, 6.07) is 0. The second-order valence-corrected chi connectivity index (χ2v) is 5.64. The number of likely N-dealkylation sites (N-methyl/N-ethyl adjacent to an activating group) is 1. The van der Waals surface area contributed by atoms with Gasteiger partial charge in [-0.2, -0.15) is 0 Å². The minimum atomic E-state index is -0.668. The van der Waals surface area contributed by atoms with E-state index in [-0.39, 0.29) is 23.3 Å². The Balaban J connectivity index is 2.13. The fourth-order valence-electron chi connectivity index (χ4n) is 2.56. The van der Waals surface area contributed by atoms with Crippen molar-refractivity contribution < 1.29 is 9.59 Å². The molecule has 0 aromatic heterocycles. The third-order valence-electron chi connectivity index (χ3n) is 4.05. The van der Waals surface area contributed by atoms with Gasteiger partial charge in [-0.25, -0.2) is 0 Å². The Morgan fingerprint density at radius 1 is 1.33 bits per heavy atom. The zero-order chi connectivity index (χ0) is 13.3. The summed E-state index contributed by atoms with van der Waals surface area (Å²) >= 11 is 5.05. The molecule has 0 aromatic rings. The van der Waals surface area contributed by atoms with E-state index in [0.29, 0.717) is 13.1 Å². The third kappa shape index (κ3) is 2.09. The molecule has 0 radical (unpaired) electrons. The van der Waals surface area contributed by atoms with Crippen LogP contribution in [0.1, 0.15) is 25.7 Å². The van der Waals surface area contributed by atoms with Crippen molar-refractivity contribution in [1.82, 2.24) is 9.80 Å². The molecule has 0 bridgehead atoms. The molecule has 6 heteroatoms. The zero-order valence-corrected chi connectivity index (χ0v) is 11.5. The highest BCUT2D eigenvalue weighted by atomic mass is 32.1. The number of carbonyl (C=O) groups excluding carboxylic acids is 2. The molecule has 100 valence electrons. The summed E-state index contributed by atoms with van der Waals surface area (Å²) < 4.78 is 0. The lowest BCUT2D eigenvalue weighted by molar-refractivity contribution is -0.145. The van der Waals surface area contributed by atoms with Crippen LogP contribution in [0.25, 0.3) is 0 Å². The Labute approximate surface area is 112 Å². The van der Waals surface area contributed by atoms with Gasteiger partial charge < -0.3 is 15.5 Å². The molecule has 1 saturated carbocycles. The number of hydrogen-bond acceptors (Lipinski definition) is 3. The molecule has 1 aliphatic heterocycles. The molecule has 2 fully saturated rings. The molecule has 2 rings (SSSR count). The van der Waals surface area contributed by atoms with Gasteiger partial charge in [0.05, 0.1) is 16.9 Å². The maximum Gasteiger partial charge on any atom is 0.241 e. The minimum absolute atomic E-state index is 0.0155. The molecule has 1 saturated heterocycles. The summed E-state index contributed by atoms with van der Waals surface area (Å²) in [4.78, 5) is 27.9. The monoisotopic (exact) mass is 269 g/mol. The number of hydrogen-bond donors (Lipinski definition) is 1. The molecule has 1 aliphatic carbocycles. The highest BCUT2D eigenvalue weighted by molar-refractivity contribution is 7.80. The van der Waals surface area contributed by atoms with Crippen molar-refractivity contribution in [1.29, 1.82) is 0 Å². The summed E-state index contributed by atoms with van der Waals surface area (Å²) in [5, 5.41) is 0. The Morgan fingerprint density at radius 3 is 2.50 bits per heavy atom. The average molecular weight is 269 g/mol. The van der Waals surface area contributed by atoms with Gasteiger partial charge in [0.1, 0.15) is 0 Å². The first kappa shape index (κ1) is 13.3. The van der Waals surface area contributed by atoms with E-state index < -0.39 is 5.41 Å². The van der Waals surface area contributed by atoms with Crippen LogP contribution in [-0.2, 0) is 9.59 Å². The highest BCUT2D eigenvalue weighted by Gasteiger charge is 2.49. The van der Waals surface area contributed by atoms with Gasteiger partial charge in [-0.05, 0) is 19.3 Å². The largest absolute Gasteiger partial charge is 0.392 e. The molecule has 0 spiro atoms. The van der Waals surface area contributed by atoms with Crippen LogP contribution in [0.3, 0.4) is 0 Å². The van der Waals surface area contributed by atoms with Gasteiger partial charge >= 0.3 is 0 Å². The third-order valence-corrected chi connectivity index (χ3v) is 4.44. The van der Waals surface area contributed by atoms with Crippen molar-refractivity contribution in [3.63, 3.8) is 0 Å². The fraction of sp³-hybridized carbons (Fsp3) is 0.750. The number of rotatable bonds is 2. The van der Waals surface area contributed by atoms with Gasteiger partial charge in [-0.1, -0.05) is 18.6 Å². The molecular formula is C12H19N3O2S. The standard InChI is InChI=1S/C12H19N3O2S/c1-14-6-3-7-15(8-9(14)16)11(17)12(10(13)18)4-2-5-12/h2-8H2,1H3,(H2,13,18). The summed E-state index contributed by atoms with van der Waals surface area (Å²) in [5.41, 5.74) is 5.06. The molecule has 2 aliphatic rings. The van der Waals surface area contributed by atoms with Gasteiger partial charge in [-0.15, -0.1) is 0 Å². The van der Waals surface area contributed by atoms with Crippen LogP contribution in [0.5, 0.6) is 0 Å². The molecule has 2 amide bonds. The molecular weight excluding hydrogens is 250 g/mol. The topological polar surface area (TPSA) is 66.6 Å². The normalized spacial score (nSPS) is 23.3. The maximum absolute atomic E-state index is 12.5. The Bertz CT molecular complexity index is 393. The second-order valence-electron chi connectivity index (χ2n) is 5.20. The number of carbonyl (C=O) groups is 2.